The molecule has 1 saturated carbocycles. The summed E-state index contributed by atoms with van der Waals surface area (Å²) in [5.41, 5.74) is 2.69. The van der Waals surface area contributed by atoms with Crippen molar-refractivity contribution in [1.29, 1.82) is 0 Å². The second-order valence-electron chi connectivity index (χ2n) is 15.8. The monoisotopic (exact) mass is 832 g/mol. The normalized spacial score (nSPS) is 26.4. The van der Waals surface area contributed by atoms with Crippen molar-refractivity contribution in [3.63, 3.8) is 0 Å². The first-order valence-corrected chi connectivity index (χ1v) is 22.9. The molecule has 0 bridgehead atoms. The molecule has 2 aliphatic heterocycles. The fourth-order valence-corrected chi connectivity index (χ4v) is 9.74. The molecular formula is C47H64N2O9S. The van der Waals surface area contributed by atoms with Crippen molar-refractivity contribution < 1.29 is 43.5 Å². The number of benzene rings is 2. The lowest BCUT2D eigenvalue weighted by Crippen LogP contribution is -2.70. The summed E-state index contributed by atoms with van der Waals surface area (Å²) < 4.78 is 32.8. The van der Waals surface area contributed by atoms with Crippen LogP contribution < -0.4 is 9.47 Å². The Morgan fingerprint density at radius 3 is 2.51 bits per heavy atom. The Labute approximate surface area is 354 Å². The molecule has 2 aromatic rings. The third kappa shape index (κ3) is 10.6. The number of aliphatic hydroxyl groups excluding tert-OH is 2. The van der Waals surface area contributed by atoms with Gasteiger partial charge in [-0.05, 0) is 117 Å². The van der Waals surface area contributed by atoms with Gasteiger partial charge in [0.2, 0.25) is 12.1 Å². The first kappa shape index (κ1) is 44.7. The van der Waals surface area contributed by atoms with Crippen LogP contribution in [0.15, 0.2) is 89.5 Å². The van der Waals surface area contributed by atoms with Crippen molar-refractivity contribution >= 4 is 23.6 Å². The molecule has 2 fully saturated rings. The van der Waals surface area contributed by atoms with Gasteiger partial charge in [-0.2, -0.15) is 0 Å². The van der Waals surface area contributed by atoms with Crippen LogP contribution in [0.2, 0.25) is 0 Å². The Kier molecular flexibility index (Phi) is 16.8. The van der Waals surface area contributed by atoms with E-state index in [2.05, 4.69) is 25.3 Å². The Morgan fingerprint density at radius 1 is 1.03 bits per heavy atom. The number of amides is 1. The molecule has 0 spiro atoms. The minimum absolute atomic E-state index is 0.0845. The van der Waals surface area contributed by atoms with E-state index in [-0.39, 0.29) is 50.6 Å². The van der Waals surface area contributed by atoms with E-state index < -0.39 is 30.1 Å². The molecule has 7 atom stereocenters. The number of hydrogen-bond acceptors (Lipinski definition) is 11. The molecule has 59 heavy (non-hydrogen) atoms. The number of thioether (sulfide) groups is 1. The van der Waals surface area contributed by atoms with E-state index in [1.807, 2.05) is 49.6 Å². The van der Waals surface area contributed by atoms with Crippen LogP contribution >= 0.6 is 11.8 Å². The number of unbranched alkanes of at least 4 members (excludes halogenated alkanes) is 2. The fraction of sp³-hybridized carbons (Fsp3) is 0.574. The number of carbonyl (C=O) groups is 1. The number of rotatable bonds is 22. The molecule has 7 unspecified atom stereocenters. The van der Waals surface area contributed by atoms with Crippen LogP contribution in [0.4, 0.5) is 4.79 Å². The van der Waals surface area contributed by atoms with Crippen molar-refractivity contribution in [2.24, 2.45) is 22.9 Å². The topological polar surface area (TPSA) is 129 Å². The van der Waals surface area contributed by atoms with Crippen molar-refractivity contribution in [1.82, 2.24) is 4.90 Å². The van der Waals surface area contributed by atoms with Crippen LogP contribution in [0.3, 0.4) is 0 Å². The van der Waals surface area contributed by atoms with E-state index >= 15 is 0 Å². The average Bonchev–Trinajstić information content (AvgIpc) is 3.26. The van der Waals surface area contributed by atoms with Gasteiger partial charge in [-0.25, -0.2) is 4.79 Å². The molecule has 2 N–H and O–H groups in total. The largest absolute Gasteiger partial charge is 0.459 e. The SMILES string of the molecule is C=CCCOC(=O)N(CCC)C1CC(=NOC2CCCCO2)C2=CC(CCCCO)C(CCCCO)C3c4cc(Oc5ccc(SC)cc5)ccc4OC1(OCC=C)C23. The highest BCUT2D eigenvalue weighted by Crippen LogP contribution is 2.62. The maximum atomic E-state index is 14.3. The molecule has 1 saturated heterocycles. The molecule has 1 amide bonds. The summed E-state index contributed by atoms with van der Waals surface area (Å²) in [5.74, 6) is 0.281. The van der Waals surface area contributed by atoms with Gasteiger partial charge in [-0.3, -0.25) is 4.90 Å². The molecule has 2 heterocycles. The lowest BCUT2D eigenvalue weighted by atomic mass is 9.55. The average molecular weight is 833 g/mol. The van der Waals surface area contributed by atoms with E-state index in [4.69, 9.17) is 33.7 Å². The molecular weight excluding hydrogens is 769 g/mol. The van der Waals surface area contributed by atoms with Gasteiger partial charge in [0.05, 0.1) is 31.5 Å². The lowest BCUT2D eigenvalue weighted by Gasteiger charge is -2.60. The van der Waals surface area contributed by atoms with Crippen LogP contribution in [0, 0.1) is 17.8 Å². The Balaban J connectivity index is 1.56. The number of aliphatic hydroxyl groups is 2. The maximum absolute atomic E-state index is 14.3. The van der Waals surface area contributed by atoms with E-state index in [9.17, 15) is 15.0 Å². The molecule has 6 rings (SSSR count). The highest BCUT2D eigenvalue weighted by molar-refractivity contribution is 7.98. The number of ether oxygens (including phenoxy) is 5. The zero-order chi connectivity index (χ0) is 41.6. The summed E-state index contributed by atoms with van der Waals surface area (Å²) in [7, 11) is 0. The molecule has 4 aliphatic rings. The minimum atomic E-state index is -1.37. The van der Waals surface area contributed by atoms with Crippen LogP contribution in [0.1, 0.15) is 95.5 Å². The van der Waals surface area contributed by atoms with Gasteiger partial charge in [-0.15, -0.1) is 24.9 Å². The first-order chi connectivity index (χ1) is 28.9. The van der Waals surface area contributed by atoms with Crippen molar-refractivity contribution in [3.05, 3.63) is 85.0 Å². The molecule has 12 heteroatoms. The van der Waals surface area contributed by atoms with Crippen LogP contribution in [0.5, 0.6) is 17.2 Å². The number of carbonyl (C=O) groups excluding carboxylic acids is 1. The van der Waals surface area contributed by atoms with Gasteiger partial charge in [-0.1, -0.05) is 43.1 Å². The Hall–Kier alpha value is -3.81. The minimum Gasteiger partial charge on any atom is -0.459 e. The second kappa shape index (κ2) is 22.2. The van der Waals surface area contributed by atoms with Crippen molar-refractivity contribution in [2.45, 2.75) is 113 Å². The van der Waals surface area contributed by atoms with Crippen LogP contribution in [-0.4, -0.2) is 90.9 Å². The third-order valence-electron chi connectivity index (χ3n) is 12.0. The number of oxime groups is 1. The Morgan fingerprint density at radius 2 is 1.81 bits per heavy atom. The quantitative estimate of drug-likeness (QED) is 0.0512. The van der Waals surface area contributed by atoms with Crippen molar-refractivity contribution in [2.75, 3.05) is 45.8 Å². The number of hydrogen-bond donors (Lipinski definition) is 2. The zero-order valence-electron chi connectivity index (χ0n) is 34.9. The number of allylic oxidation sites excluding steroid dienone is 1. The first-order valence-electron chi connectivity index (χ1n) is 21.6. The predicted molar refractivity (Wildman–Crippen MR) is 231 cm³/mol. The highest BCUT2D eigenvalue weighted by Gasteiger charge is 2.65. The molecule has 0 radical (unpaired) electrons. The summed E-state index contributed by atoms with van der Waals surface area (Å²) in [6.07, 6.45) is 15.9. The molecule has 0 aromatic heterocycles. The fourth-order valence-electron chi connectivity index (χ4n) is 9.34. The standard InChI is InChI=1S/C47H64N2O9S/c1-5-8-28-54-46(52)49(24-6-2)42-32-40(48-58-43-17-11-14-29-53-43)38-30-33(15-9-12-25-50)37(16-10-13-26-51)44-39-31-35(56-34-18-21-36(59-4)22-19-34)20-23-41(39)57-47(42,45(38)44)55-27-7-3/h5,7,18-23,30-31,33,37,42-45,50-51H,1,3,6,8-17,24-29,32H2,2,4H3. The summed E-state index contributed by atoms with van der Waals surface area (Å²) in [4.78, 5) is 23.4. The molecule has 11 nitrogen and oxygen atoms in total. The second-order valence-corrected chi connectivity index (χ2v) is 16.7. The Bertz CT molecular complexity index is 1740. The number of nitrogens with zero attached hydrogens (tertiary/aromatic N) is 2. The summed E-state index contributed by atoms with van der Waals surface area (Å²) in [5, 5.41) is 24.8. The lowest BCUT2D eigenvalue weighted by molar-refractivity contribution is -0.255. The molecule has 2 aromatic carbocycles. The van der Waals surface area contributed by atoms with Gasteiger partial charge >= 0.3 is 6.09 Å². The smallest absolute Gasteiger partial charge is 0.410 e. The number of fused-ring (bicyclic) bond motifs is 2. The molecule has 2 aliphatic carbocycles. The van der Waals surface area contributed by atoms with Gasteiger partial charge in [0.15, 0.2) is 0 Å². The summed E-state index contributed by atoms with van der Waals surface area (Å²) >= 11 is 1.68. The predicted octanol–water partition coefficient (Wildman–Crippen LogP) is 9.79. The van der Waals surface area contributed by atoms with Crippen LogP contribution in [-0.2, 0) is 19.0 Å². The molecule has 322 valence electrons. The van der Waals surface area contributed by atoms with Gasteiger partial charge in [0, 0.05) is 49.0 Å². The zero-order valence-corrected chi connectivity index (χ0v) is 35.8. The van der Waals surface area contributed by atoms with Gasteiger partial charge in [0.1, 0.15) is 23.3 Å². The van der Waals surface area contributed by atoms with E-state index in [0.717, 1.165) is 72.4 Å². The summed E-state index contributed by atoms with van der Waals surface area (Å²) in [6, 6.07) is 13.4. The third-order valence-corrected chi connectivity index (χ3v) is 12.7. The summed E-state index contributed by atoms with van der Waals surface area (Å²) in [6.45, 7) is 11.5. The van der Waals surface area contributed by atoms with Crippen LogP contribution in [0.25, 0.3) is 0 Å². The van der Waals surface area contributed by atoms with E-state index in [1.54, 1.807) is 28.8 Å². The highest BCUT2D eigenvalue weighted by atomic mass is 32.2. The van der Waals surface area contributed by atoms with Gasteiger partial charge in [0.25, 0.3) is 0 Å². The van der Waals surface area contributed by atoms with E-state index in [0.29, 0.717) is 50.3 Å². The van der Waals surface area contributed by atoms with Gasteiger partial charge < -0.3 is 38.7 Å². The maximum Gasteiger partial charge on any atom is 0.410 e. The van der Waals surface area contributed by atoms with E-state index in [1.165, 1.54) is 0 Å². The van der Waals surface area contributed by atoms with Crippen molar-refractivity contribution in [3.8, 4) is 17.2 Å².